The van der Waals surface area contributed by atoms with Crippen molar-refractivity contribution < 1.29 is 47.9 Å². The largest absolute Gasteiger partial charge is 0.484 e. The van der Waals surface area contributed by atoms with Crippen LogP contribution in [0.4, 0.5) is 0 Å². The first kappa shape index (κ1) is 25.0. The SMILES string of the molecule is CC(C)(C)C(=O)OCC1(C(=O)ON2OC[C@H](NC(=O)COc3ccccc3)C2=O)CCC(=O)O1. The highest BCUT2D eigenvalue weighted by Gasteiger charge is 2.53. The molecule has 1 N–H and O–H groups in total. The van der Waals surface area contributed by atoms with Crippen LogP contribution in [0.2, 0.25) is 0 Å². The molecule has 2 amide bonds. The zero-order chi connectivity index (χ0) is 24.9. The minimum Gasteiger partial charge on any atom is -0.484 e. The van der Waals surface area contributed by atoms with Crippen molar-refractivity contribution in [3.8, 4) is 5.75 Å². The van der Waals surface area contributed by atoms with Crippen molar-refractivity contribution in [1.82, 2.24) is 10.5 Å². The number of para-hydroxylation sites is 1. The number of ether oxygens (including phenoxy) is 3. The highest BCUT2D eigenvalue weighted by molar-refractivity contribution is 5.91. The van der Waals surface area contributed by atoms with Gasteiger partial charge in [0.05, 0.1) is 11.8 Å². The van der Waals surface area contributed by atoms with Gasteiger partial charge >= 0.3 is 23.8 Å². The lowest BCUT2D eigenvalue weighted by Gasteiger charge is -2.27. The Kier molecular flexibility index (Phi) is 7.40. The number of benzene rings is 1. The van der Waals surface area contributed by atoms with E-state index in [0.717, 1.165) is 0 Å². The highest BCUT2D eigenvalue weighted by Crippen LogP contribution is 2.30. The van der Waals surface area contributed by atoms with Gasteiger partial charge in [-0.3, -0.25) is 19.2 Å². The smallest absolute Gasteiger partial charge is 0.382 e. The molecule has 12 nitrogen and oxygen atoms in total. The molecule has 1 aromatic carbocycles. The second-order valence-corrected chi connectivity index (χ2v) is 8.79. The maximum Gasteiger partial charge on any atom is 0.382 e. The number of amides is 2. The zero-order valence-electron chi connectivity index (χ0n) is 19.0. The molecular weight excluding hydrogens is 452 g/mol. The van der Waals surface area contributed by atoms with Crippen LogP contribution in [-0.4, -0.2) is 66.4 Å². The third kappa shape index (κ3) is 6.01. The summed E-state index contributed by atoms with van der Waals surface area (Å²) in [4.78, 5) is 71.2. The highest BCUT2D eigenvalue weighted by atomic mass is 17.0. The first-order chi connectivity index (χ1) is 16.0. The first-order valence-corrected chi connectivity index (χ1v) is 10.6. The Morgan fingerprint density at radius 2 is 1.88 bits per heavy atom. The third-order valence-electron chi connectivity index (χ3n) is 4.91. The van der Waals surface area contributed by atoms with Gasteiger partial charge in [0.2, 0.25) is 5.60 Å². The fourth-order valence-electron chi connectivity index (χ4n) is 2.97. The lowest BCUT2D eigenvalue weighted by atomic mass is 9.97. The van der Waals surface area contributed by atoms with Crippen molar-refractivity contribution in [1.29, 1.82) is 0 Å². The summed E-state index contributed by atoms with van der Waals surface area (Å²) < 4.78 is 15.6. The molecule has 2 fully saturated rings. The number of carbonyl (C=O) groups is 5. The van der Waals surface area contributed by atoms with Crippen LogP contribution in [0, 0.1) is 5.41 Å². The number of carbonyl (C=O) groups excluding carboxylic acids is 5. The molecule has 2 aliphatic heterocycles. The van der Waals surface area contributed by atoms with Gasteiger partial charge in [-0.15, -0.1) is 0 Å². The predicted octanol–water partition coefficient (Wildman–Crippen LogP) is 0.447. The quantitative estimate of drug-likeness (QED) is 0.522. The van der Waals surface area contributed by atoms with Gasteiger partial charge in [0.15, 0.2) is 6.61 Å². The number of nitrogens with one attached hydrogen (secondary N) is 1. The molecule has 0 radical (unpaired) electrons. The second kappa shape index (κ2) is 10.1. The molecule has 1 unspecified atom stereocenters. The van der Waals surface area contributed by atoms with E-state index in [1.807, 2.05) is 0 Å². The molecule has 184 valence electrons. The number of hydrogen-bond acceptors (Lipinski definition) is 10. The van der Waals surface area contributed by atoms with Crippen LogP contribution in [0.3, 0.4) is 0 Å². The van der Waals surface area contributed by atoms with E-state index in [0.29, 0.717) is 11.0 Å². The van der Waals surface area contributed by atoms with Gasteiger partial charge in [-0.25, -0.2) is 9.63 Å². The summed E-state index contributed by atoms with van der Waals surface area (Å²) in [7, 11) is 0. The summed E-state index contributed by atoms with van der Waals surface area (Å²) >= 11 is 0. The first-order valence-electron chi connectivity index (χ1n) is 10.6. The van der Waals surface area contributed by atoms with Crippen molar-refractivity contribution in [3.05, 3.63) is 30.3 Å². The number of rotatable bonds is 8. The van der Waals surface area contributed by atoms with Gasteiger partial charge in [0.1, 0.15) is 25.0 Å². The molecule has 34 heavy (non-hydrogen) atoms. The van der Waals surface area contributed by atoms with Gasteiger partial charge in [-0.05, 0) is 38.1 Å². The molecule has 2 aliphatic rings. The van der Waals surface area contributed by atoms with Crippen molar-refractivity contribution in [2.24, 2.45) is 5.41 Å². The number of cyclic esters (lactones) is 1. The molecule has 12 heteroatoms. The van der Waals surface area contributed by atoms with E-state index < -0.39 is 53.4 Å². The molecule has 2 saturated heterocycles. The lowest BCUT2D eigenvalue weighted by molar-refractivity contribution is -0.310. The average Bonchev–Trinajstić information content (AvgIpc) is 3.34. The topological polar surface area (TPSA) is 147 Å². The van der Waals surface area contributed by atoms with Gasteiger partial charge in [-0.2, -0.15) is 0 Å². The van der Waals surface area contributed by atoms with Crippen LogP contribution in [0.15, 0.2) is 30.3 Å². The minimum atomic E-state index is -1.91. The van der Waals surface area contributed by atoms with Crippen LogP contribution in [-0.2, 0) is 43.1 Å². The molecule has 0 aliphatic carbocycles. The molecule has 3 rings (SSSR count). The van der Waals surface area contributed by atoms with E-state index >= 15 is 0 Å². The fraction of sp³-hybridized carbons (Fsp3) is 0.500. The van der Waals surface area contributed by atoms with E-state index in [-0.39, 0.29) is 26.1 Å². The summed E-state index contributed by atoms with van der Waals surface area (Å²) in [5.41, 5.74) is -2.76. The Hall–Kier alpha value is -3.67. The summed E-state index contributed by atoms with van der Waals surface area (Å²) in [6, 6.07) is 7.49. The van der Waals surface area contributed by atoms with E-state index in [4.69, 9.17) is 23.9 Å². The normalized spacial score (nSPS) is 22.2. The van der Waals surface area contributed by atoms with Crippen molar-refractivity contribution in [3.63, 3.8) is 0 Å². The zero-order valence-corrected chi connectivity index (χ0v) is 19.0. The Bertz CT molecular complexity index is 958. The minimum absolute atomic E-state index is 0.100. The summed E-state index contributed by atoms with van der Waals surface area (Å²) in [5, 5.41) is 2.73. The van der Waals surface area contributed by atoms with E-state index in [1.165, 1.54) is 0 Å². The lowest BCUT2D eigenvalue weighted by Crippen LogP contribution is -2.49. The molecular formula is C22H26N2O10. The third-order valence-corrected chi connectivity index (χ3v) is 4.91. The number of hydroxylamine groups is 2. The summed E-state index contributed by atoms with van der Waals surface area (Å²) in [5.74, 6) is -3.40. The second-order valence-electron chi connectivity index (χ2n) is 8.79. The Balaban J connectivity index is 1.55. The number of hydrogen-bond donors (Lipinski definition) is 1. The van der Waals surface area contributed by atoms with E-state index in [2.05, 4.69) is 5.32 Å². The Morgan fingerprint density at radius 1 is 1.18 bits per heavy atom. The molecule has 0 saturated carbocycles. The van der Waals surface area contributed by atoms with Gasteiger partial charge in [-0.1, -0.05) is 18.2 Å². The molecule has 0 aromatic heterocycles. The summed E-state index contributed by atoms with van der Waals surface area (Å²) in [6.45, 7) is 3.65. The monoisotopic (exact) mass is 478 g/mol. The average molecular weight is 478 g/mol. The molecule has 0 bridgehead atoms. The maximum absolute atomic E-state index is 12.8. The molecule has 0 spiro atoms. The van der Waals surface area contributed by atoms with Crippen LogP contribution in [0.5, 0.6) is 5.75 Å². The van der Waals surface area contributed by atoms with E-state index in [1.54, 1.807) is 51.1 Å². The fourth-order valence-corrected chi connectivity index (χ4v) is 2.97. The van der Waals surface area contributed by atoms with Crippen molar-refractivity contribution in [2.75, 3.05) is 19.8 Å². The number of esters is 2. The van der Waals surface area contributed by atoms with Gasteiger partial charge in [0, 0.05) is 6.42 Å². The summed E-state index contributed by atoms with van der Waals surface area (Å²) in [6.07, 6.45) is -0.210. The van der Waals surface area contributed by atoms with Crippen LogP contribution < -0.4 is 10.1 Å². The van der Waals surface area contributed by atoms with Crippen LogP contribution in [0.1, 0.15) is 33.6 Å². The van der Waals surface area contributed by atoms with Crippen LogP contribution in [0.25, 0.3) is 0 Å². The molecule has 2 heterocycles. The van der Waals surface area contributed by atoms with Gasteiger partial charge in [0.25, 0.3) is 5.91 Å². The van der Waals surface area contributed by atoms with Crippen molar-refractivity contribution in [2.45, 2.75) is 45.3 Å². The molecule has 2 atom stereocenters. The Labute approximate surface area is 195 Å². The number of nitrogens with zero attached hydrogens (tertiary/aromatic N) is 1. The standard InChI is InChI=1S/C22H26N2O10/c1-21(2,3)19(28)31-13-22(10-9-17(26)33-22)20(29)34-24-18(27)15(11-32-24)23-16(25)12-30-14-7-5-4-6-8-14/h4-8,15H,9-13H2,1-3H3,(H,23,25)/t15-,22?/m0/s1. The Morgan fingerprint density at radius 3 is 2.50 bits per heavy atom. The van der Waals surface area contributed by atoms with E-state index in [9.17, 15) is 24.0 Å². The maximum atomic E-state index is 12.8. The predicted molar refractivity (Wildman–Crippen MR) is 111 cm³/mol. The van der Waals surface area contributed by atoms with Crippen molar-refractivity contribution >= 4 is 29.7 Å². The van der Waals surface area contributed by atoms with Crippen LogP contribution >= 0.6 is 0 Å². The molecule has 1 aromatic rings. The van der Waals surface area contributed by atoms with Gasteiger partial charge < -0.3 is 24.4 Å².